The van der Waals surface area contributed by atoms with E-state index >= 15 is 0 Å². The Kier molecular flexibility index (Phi) is 4.31. The molecule has 0 amide bonds. The number of benzene rings is 5. The Morgan fingerprint density at radius 1 is 0.607 bits per heavy atom. The molecule has 28 heavy (non-hydrogen) atoms. The zero-order valence-corrected chi connectivity index (χ0v) is 16.5. The van der Waals surface area contributed by atoms with Crippen molar-refractivity contribution in [2.45, 2.75) is 0 Å². The molecular weight excluding hydrogens is 411 g/mol. The highest BCUT2D eigenvalue weighted by Gasteiger charge is 2.17. The first-order chi connectivity index (χ1) is 13.8. The molecule has 133 valence electrons. The predicted molar refractivity (Wildman–Crippen MR) is 121 cm³/mol. The third kappa shape index (κ3) is 2.60. The van der Waals surface area contributed by atoms with Gasteiger partial charge in [-0.1, -0.05) is 94.8 Å². The Morgan fingerprint density at radius 2 is 1.11 bits per heavy atom. The van der Waals surface area contributed by atoms with Crippen molar-refractivity contribution in [3.8, 4) is 16.9 Å². The number of hydrogen-bond acceptors (Lipinski definition) is 2. The Hall–Kier alpha value is -2.82. The molecule has 1 radical (unpaired) electrons. The lowest BCUT2D eigenvalue weighted by molar-refractivity contribution is 0.459. The molecule has 5 aromatic carbocycles. The topological polar surface area (TPSA) is 29.5 Å². The van der Waals surface area contributed by atoms with E-state index in [1.165, 1.54) is 21.9 Å². The molecule has 0 fully saturated rings. The SMILES string of the molecule is O[B]Oc1c2ccccc2c(-c2ccc(Br)c3ccccc23)c2ccccc12. The monoisotopic (exact) mass is 425 g/mol. The van der Waals surface area contributed by atoms with Crippen LogP contribution in [0, 0.1) is 0 Å². The summed E-state index contributed by atoms with van der Waals surface area (Å²) in [7, 11) is 0.753. The number of fused-ring (bicyclic) bond motifs is 3. The van der Waals surface area contributed by atoms with Crippen molar-refractivity contribution in [2.24, 2.45) is 0 Å². The summed E-state index contributed by atoms with van der Waals surface area (Å²) in [5.41, 5.74) is 2.34. The van der Waals surface area contributed by atoms with Crippen LogP contribution in [0.15, 0.2) is 89.4 Å². The summed E-state index contributed by atoms with van der Waals surface area (Å²) in [6.07, 6.45) is 0. The molecule has 0 spiro atoms. The van der Waals surface area contributed by atoms with Gasteiger partial charge in [0, 0.05) is 15.2 Å². The first-order valence-electron chi connectivity index (χ1n) is 9.03. The molecule has 0 atom stereocenters. The van der Waals surface area contributed by atoms with E-state index in [0.717, 1.165) is 33.7 Å². The van der Waals surface area contributed by atoms with Crippen LogP contribution in [0.2, 0.25) is 0 Å². The van der Waals surface area contributed by atoms with Crippen LogP contribution in [0.4, 0.5) is 0 Å². The minimum atomic E-state index is 0.666. The zero-order valence-electron chi connectivity index (χ0n) is 14.9. The highest BCUT2D eigenvalue weighted by atomic mass is 79.9. The Balaban J connectivity index is 2.01. The highest BCUT2D eigenvalue weighted by Crippen LogP contribution is 2.45. The summed E-state index contributed by atoms with van der Waals surface area (Å²) in [4.78, 5) is 0. The van der Waals surface area contributed by atoms with Crippen LogP contribution in [-0.4, -0.2) is 12.7 Å². The van der Waals surface area contributed by atoms with Gasteiger partial charge in [0.25, 0.3) is 0 Å². The van der Waals surface area contributed by atoms with E-state index in [-0.39, 0.29) is 0 Å². The van der Waals surface area contributed by atoms with Crippen LogP contribution in [0.5, 0.6) is 5.75 Å². The maximum Gasteiger partial charge on any atom is 0.569 e. The molecule has 0 aliphatic carbocycles. The van der Waals surface area contributed by atoms with E-state index in [2.05, 4.69) is 64.5 Å². The molecule has 0 unspecified atom stereocenters. The maximum absolute atomic E-state index is 9.34. The second-order valence-electron chi connectivity index (χ2n) is 6.66. The Morgan fingerprint density at radius 3 is 1.68 bits per heavy atom. The molecule has 0 saturated carbocycles. The number of rotatable bonds is 3. The van der Waals surface area contributed by atoms with Gasteiger partial charge < -0.3 is 9.68 Å². The van der Waals surface area contributed by atoms with Crippen molar-refractivity contribution in [1.29, 1.82) is 0 Å². The quantitative estimate of drug-likeness (QED) is 0.264. The van der Waals surface area contributed by atoms with Crippen LogP contribution >= 0.6 is 15.9 Å². The van der Waals surface area contributed by atoms with Crippen molar-refractivity contribution in [2.75, 3.05) is 0 Å². The molecule has 4 heteroatoms. The van der Waals surface area contributed by atoms with E-state index in [4.69, 9.17) is 4.65 Å². The summed E-state index contributed by atoms with van der Waals surface area (Å²) >= 11 is 3.68. The van der Waals surface area contributed by atoms with Gasteiger partial charge in [-0.2, -0.15) is 0 Å². The fourth-order valence-corrected chi connectivity index (χ4v) is 4.52. The third-order valence-corrected chi connectivity index (χ3v) is 5.88. The van der Waals surface area contributed by atoms with E-state index in [1.807, 2.05) is 36.4 Å². The summed E-state index contributed by atoms with van der Waals surface area (Å²) in [6.45, 7) is 0. The van der Waals surface area contributed by atoms with Gasteiger partial charge in [-0.15, -0.1) is 0 Å². The van der Waals surface area contributed by atoms with Gasteiger partial charge in [-0.05, 0) is 38.7 Å². The van der Waals surface area contributed by atoms with Gasteiger partial charge in [0.05, 0.1) is 0 Å². The summed E-state index contributed by atoms with van der Waals surface area (Å²) in [6, 6.07) is 29.0. The van der Waals surface area contributed by atoms with Gasteiger partial charge in [0.15, 0.2) is 0 Å². The molecule has 0 bridgehead atoms. The van der Waals surface area contributed by atoms with Crippen molar-refractivity contribution in [3.63, 3.8) is 0 Å². The molecule has 2 nitrogen and oxygen atoms in total. The zero-order chi connectivity index (χ0) is 19.1. The smallest absolute Gasteiger partial charge is 0.537 e. The first kappa shape index (κ1) is 17.3. The molecule has 0 aliphatic rings. The summed E-state index contributed by atoms with van der Waals surface area (Å²) < 4.78 is 6.63. The van der Waals surface area contributed by atoms with Gasteiger partial charge in [-0.3, -0.25) is 0 Å². The van der Waals surface area contributed by atoms with Crippen molar-refractivity contribution >= 4 is 55.9 Å². The second kappa shape index (κ2) is 6.97. The molecular formula is C24H15BBrO2. The van der Waals surface area contributed by atoms with E-state index < -0.39 is 0 Å². The minimum Gasteiger partial charge on any atom is -0.537 e. The van der Waals surface area contributed by atoms with Crippen molar-refractivity contribution in [1.82, 2.24) is 0 Å². The van der Waals surface area contributed by atoms with E-state index in [9.17, 15) is 5.02 Å². The number of halogens is 1. The molecule has 1 N–H and O–H groups in total. The second-order valence-corrected chi connectivity index (χ2v) is 7.51. The lowest BCUT2D eigenvalue weighted by atomic mass is 9.88. The Bertz CT molecular complexity index is 1290. The first-order valence-corrected chi connectivity index (χ1v) is 9.82. The molecule has 5 aromatic rings. The molecule has 5 rings (SSSR count). The molecule has 0 aromatic heterocycles. The largest absolute Gasteiger partial charge is 0.569 e. The lowest BCUT2D eigenvalue weighted by Gasteiger charge is -2.18. The molecule has 0 saturated heterocycles. The highest BCUT2D eigenvalue weighted by molar-refractivity contribution is 9.10. The minimum absolute atomic E-state index is 0.666. The van der Waals surface area contributed by atoms with Crippen molar-refractivity contribution < 1.29 is 9.68 Å². The predicted octanol–water partition coefficient (Wildman–Crippen LogP) is 6.48. The normalized spacial score (nSPS) is 11.2. The van der Waals surface area contributed by atoms with Crippen LogP contribution in [-0.2, 0) is 0 Å². The van der Waals surface area contributed by atoms with Crippen LogP contribution < -0.4 is 4.65 Å². The average Bonchev–Trinajstić information content (AvgIpc) is 2.75. The van der Waals surface area contributed by atoms with Gasteiger partial charge in [-0.25, -0.2) is 0 Å². The molecule has 0 heterocycles. The number of hydrogen-bond donors (Lipinski definition) is 1. The van der Waals surface area contributed by atoms with Gasteiger partial charge in [0.2, 0.25) is 0 Å². The standard InChI is InChI=1S/C24H15BBrO2/c26-22-14-13-19(15-7-1-2-8-16(15)22)23-17-9-3-5-11-20(17)24(28-25-27)21-12-6-4-10-18(21)23/h1-14,27H. The fraction of sp³-hybridized carbons (Fsp3) is 0. The molecule has 0 aliphatic heterocycles. The van der Waals surface area contributed by atoms with E-state index in [1.54, 1.807) is 0 Å². The summed E-state index contributed by atoms with van der Waals surface area (Å²) in [5.74, 6) is 0.666. The third-order valence-electron chi connectivity index (χ3n) is 5.19. The lowest BCUT2D eigenvalue weighted by Crippen LogP contribution is -2.02. The van der Waals surface area contributed by atoms with Crippen molar-refractivity contribution in [3.05, 3.63) is 89.4 Å². The van der Waals surface area contributed by atoms with Crippen LogP contribution in [0.1, 0.15) is 0 Å². The van der Waals surface area contributed by atoms with Gasteiger partial charge in [0.1, 0.15) is 5.75 Å². The van der Waals surface area contributed by atoms with E-state index in [0.29, 0.717) is 5.75 Å². The average molecular weight is 426 g/mol. The fourth-order valence-electron chi connectivity index (χ4n) is 4.04. The summed E-state index contributed by atoms with van der Waals surface area (Å²) in [5, 5.41) is 15.8. The maximum atomic E-state index is 9.34. The van der Waals surface area contributed by atoms with Gasteiger partial charge >= 0.3 is 7.69 Å². The Labute approximate surface area is 171 Å². The van der Waals surface area contributed by atoms with Crippen LogP contribution in [0.3, 0.4) is 0 Å². The van der Waals surface area contributed by atoms with Crippen LogP contribution in [0.25, 0.3) is 43.4 Å².